The smallest absolute Gasteiger partial charge is 0.0794 e. The fraction of sp³-hybridized carbons (Fsp3) is 0.700. The molecule has 1 heterocycles. The summed E-state index contributed by atoms with van der Waals surface area (Å²) in [6.45, 7) is 5.54. The molecule has 13 heavy (non-hydrogen) atoms. The molecule has 0 radical (unpaired) electrons. The van der Waals surface area contributed by atoms with E-state index in [1.54, 1.807) is 11.3 Å². The van der Waals surface area contributed by atoms with Crippen LogP contribution in [0.5, 0.6) is 0 Å². The monoisotopic (exact) mass is 198 g/mol. The number of unbranched alkanes of at least 4 members (excludes halogenated alkanes) is 2. The predicted molar refractivity (Wildman–Crippen MR) is 58.1 cm³/mol. The molecule has 0 fully saturated rings. The van der Waals surface area contributed by atoms with E-state index in [4.69, 9.17) is 0 Å². The van der Waals surface area contributed by atoms with E-state index >= 15 is 0 Å². The minimum atomic E-state index is 0.462. The summed E-state index contributed by atoms with van der Waals surface area (Å²) in [5.41, 5.74) is 1.89. The molecule has 1 N–H and O–H groups in total. The Bertz CT molecular complexity index is 209. The van der Waals surface area contributed by atoms with Gasteiger partial charge in [-0.3, -0.25) is 4.98 Å². The van der Waals surface area contributed by atoms with E-state index in [-0.39, 0.29) is 0 Å². The van der Waals surface area contributed by atoms with Gasteiger partial charge in [0.15, 0.2) is 0 Å². The van der Waals surface area contributed by atoms with Crippen molar-refractivity contribution in [2.75, 3.05) is 6.54 Å². The quantitative estimate of drug-likeness (QED) is 0.711. The van der Waals surface area contributed by atoms with Gasteiger partial charge in [-0.1, -0.05) is 19.8 Å². The van der Waals surface area contributed by atoms with Crippen LogP contribution in [0.15, 0.2) is 11.7 Å². The maximum atomic E-state index is 4.07. The summed E-state index contributed by atoms with van der Waals surface area (Å²) < 4.78 is 0. The van der Waals surface area contributed by atoms with E-state index in [9.17, 15) is 0 Å². The van der Waals surface area contributed by atoms with Crippen LogP contribution in [-0.4, -0.2) is 11.5 Å². The third-order valence-corrected chi connectivity index (χ3v) is 3.07. The molecule has 74 valence electrons. The van der Waals surface area contributed by atoms with E-state index in [0.717, 1.165) is 6.54 Å². The van der Waals surface area contributed by atoms with Crippen LogP contribution in [0, 0.1) is 0 Å². The zero-order valence-corrected chi connectivity index (χ0v) is 9.23. The van der Waals surface area contributed by atoms with Crippen molar-refractivity contribution in [1.29, 1.82) is 0 Å². The first kappa shape index (κ1) is 10.7. The lowest BCUT2D eigenvalue weighted by molar-refractivity contribution is 0.549. The Morgan fingerprint density at radius 2 is 2.38 bits per heavy atom. The van der Waals surface area contributed by atoms with Crippen LogP contribution >= 0.6 is 11.3 Å². The lowest BCUT2D eigenvalue weighted by Gasteiger charge is -2.10. The van der Waals surface area contributed by atoms with Gasteiger partial charge in [0.05, 0.1) is 5.51 Å². The van der Waals surface area contributed by atoms with Gasteiger partial charge >= 0.3 is 0 Å². The second-order valence-corrected chi connectivity index (χ2v) is 4.20. The van der Waals surface area contributed by atoms with E-state index in [1.807, 2.05) is 11.7 Å². The molecule has 3 heteroatoms. The topological polar surface area (TPSA) is 24.9 Å². The Labute approximate surface area is 84.4 Å². The van der Waals surface area contributed by atoms with Crippen molar-refractivity contribution in [1.82, 2.24) is 10.3 Å². The van der Waals surface area contributed by atoms with Crippen LogP contribution in [0.25, 0.3) is 0 Å². The Kier molecular flexibility index (Phi) is 5.01. The van der Waals surface area contributed by atoms with Crippen LogP contribution in [0.1, 0.15) is 44.0 Å². The van der Waals surface area contributed by atoms with Crippen molar-refractivity contribution in [2.24, 2.45) is 0 Å². The maximum absolute atomic E-state index is 4.07. The second-order valence-electron chi connectivity index (χ2n) is 3.29. The van der Waals surface area contributed by atoms with Crippen LogP contribution < -0.4 is 5.32 Å². The van der Waals surface area contributed by atoms with Gasteiger partial charge in [0.2, 0.25) is 0 Å². The largest absolute Gasteiger partial charge is 0.309 e. The molecular formula is C10H18N2S. The zero-order valence-electron chi connectivity index (χ0n) is 8.42. The Morgan fingerprint density at radius 1 is 1.54 bits per heavy atom. The first-order chi connectivity index (χ1) is 6.34. The summed E-state index contributed by atoms with van der Waals surface area (Å²) in [5, 5.41) is 3.49. The Morgan fingerprint density at radius 3 is 3.00 bits per heavy atom. The van der Waals surface area contributed by atoms with Crippen LogP contribution in [-0.2, 0) is 0 Å². The van der Waals surface area contributed by atoms with E-state index < -0.39 is 0 Å². The van der Waals surface area contributed by atoms with Gasteiger partial charge in [-0.25, -0.2) is 0 Å². The molecule has 1 atom stereocenters. The van der Waals surface area contributed by atoms with Crippen molar-refractivity contribution < 1.29 is 0 Å². The molecule has 1 aromatic rings. The number of nitrogens with one attached hydrogen (secondary N) is 1. The van der Waals surface area contributed by atoms with Crippen LogP contribution in [0.2, 0.25) is 0 Å². The fourth-order valence-electron chi connectivity index (χ4n) is 1.23. The van der Waals surface area contributed by atoms with Gasteiger partial charge in [0.25, 0.3) is 0 Å². The summed E-state index contributed by atoms with van der Waals surface area (Å²) in [4.78, 5) is 5.40. The molecule has 1 rings (SSSR count). The highest BCUT2D eigenvalue weighted by atomic mass is 32.1. The molecule has 1 unspecified atom stereocenters. The Hall–Kier alpha value is -0.410. The molecule has 0 amide bonds. The minimum absolute atomic E-state index is 0.462. The summed E-state index contributed by atoms with van der Waals surface area (Å²) in [7, 11) is 0. The molecule has 2 nitrogen and oxygen atoms in total. The normalized spacial score (nSPS) is 13.1. The average Bonchev–Trinajstić information content (AvgIpc) is 2.65. The summed E-state index contributed by atoms with van der Waals surface area (Å²) >= 11 is 1.72. The van der Waals surface area contributed by atoms with Crippen molar-refractivity contribution in [3.8, 4) is 0 Å². The highest BCUT2D eigenvalue weighted by Crippen LogP contribution is 2.15. The first-order valence-corrected chi connectivity index (χ1v) is 5.84. The van der Waals surface area contributed by atoms with E-state index in [0.29, 0.717) is 6.04 Å². The lowest BCUT2D eigenvalue weighted by Crippen LogP contribution is -2.18. The van der Waals surface area contributed by atoms with E-state index in [2.05, 4.69) is 24.1 Å². The van der Waals surface area contributed by atoms with Gasteiger partial charge < -0.3 is 5.32 Å². The van der Waals surface area contributed by atoms with Crippen molar-refractivity contribution in [2.45, 2.75) is 39.2 Å². The molecule has 1 aromatic heterocycles. The molecule has 0 saturated carbocycles. The number of hydrogen-bond donors (Lipinski definition) is 1. The zero-order chi connectivity index (χ0) is 9.52. The van der Waals surface area contributed by atoms with Crippen molar-refractivity contribution >= 4 is 11.3 Å². The number of hydrogen-bond acceptors (Lipinski definition) is 3. The van der Waals surface area contributed by atoms with Crippen molar-refractivity contribution in [3.05, 3.63) is 16.6 Å². The molecule has 0 bridgehead atoms. The number of rotatable bonds is 6. The molecule has 0 spiro atoms. The Balaban J connectivity index is 2.15. The molecule has 0 aliphatic heterocycles. The lowest BCUT2D eigenvalue weighted by atomic mass is 10.2. The van der Waals surface area contributed by atoms with Crippen LogP contribution in [0.4, 0.5) is 0 Å². The average molecular weight is 198 g/mol. The third kappa shape index (κ3) is 3.87. The highest BCUT2D eigenvalue weighted by Gasteiger charge is 2.04. The first-order valence-electron chi connectivity index (χ1n) is 4.96. The highest BCUT2D eigenvalue weighted by molar-refractivity contribution is 7.09. The second kappa shape index (κ2) is 6.11. The van der Waals surface area contributed by atoms with Gasteiger partial charge in [0, 0.05) is 17.1 Å². The SMILES string of the molecule is CCCCCNC(C)c1cncs1. The number of nitrogens with zero attached hydrogens (tertiary/aromatic N) is 1. The summed E-state index contributed by atoms with van der Waals surface area (Å²) in [5.74, 6) is 0. The summed E-state index contributed by atoms with van der Waals surface area (Å²) in [6, 6.07) is 0.462. The van der Waals surface area contributed by atoms with Gasteiger partial charge in [-0.2, -0.15) is 0 Å². The summed E-state index contributed by atoms with van der Waals surface area (Å²) in [6.07, 6.45) is 5.83. The van der Waals surface area contributed by atoms with Gasteiger partial charge in [-0.15, -0.1) is 11.3 Å². The number of aromatic nitrogens is 1. The maximum Gasteiger partial charge on any atom is 0.0794 e. The van der Waals surface area contributed by atoms with Crippen molar-refractivity contribution in [3.63, 3.8) is 0 Å². The van der Waals surface area contributed by atoms with Gasteiger partial charge in [0.1, 0.15) is 0 Å². The van der Waals surface area contributed by atoms with E-state index in [1.165, 1.54) is 24.1 Å². The van der Waals surface area contributed by atoms with Gasteiger partial charge in [-0.05, 0) is 19.9 Å². The molecule has 0 aliphatic rings. The van der Waals surface area contributed by atoms with Crippen LogP contribution in [0.3, 0.4) is 0 Å². The molecule has 0 aliphatic carbocycles. The predicted octanol–water partition coefficient (Wildman–Crippen LogP) is 2.98. The third-order valence-electron chi connectivity index (χ3n) is 2.11. The standard InChI is InChI=1S/C10H18N2S/c1-3-4-5-6-12-9(2)10-7-11-8-13-10/h7-9,12H,3-6H2,1-2H3. The fourth-order valence-corrected chi connectivity index (χ4v) is 1.89. The number of thiazole rings is 1. The molecule has 0 aromatic carbocycles. The molecule has 0 saturated heterocycles. The molecular weight excluding hydrogens is 180 g/mol. The minimum Gasteiger partial charge on any atom is -0.309 e.